The molecule has 2 saturated carbocycles. The van der Waals surface area contributed by atoms with E-state index in [2.05, 4.69) is 26.1 Å². The van der Waals surface area contributed by atoms with Gasteiger partial charge in [0.2, 0.25) is 0 Å². The van der Waals surface area contributed by atoms with Crippen molar-refractivity contribution in [2.45, 2.75) is 90.5 Å². The summed E-state index contributed by atoms with van der Waals surface area (Å²) in [6.07, 6.45) is -7.08. The molecule has 226 valence electrons. The van der Waals surface area contributed by atoms with Gasteiger partial charge in [0, 0.05) is 42.6 Å². The number of rotatable bonds is 6. The van der Waals surface area contributed by atoms with Crippen LogP contribution >= 0.6 is 0 Å². The van der Waals surface area contributed by atoms with Gasteiger partial charge in [-0.05, 0) is 68.2 Å². The van der Waals surface area contributed by atoms with E-state index in [0.717, 1.165) is 19.3 Å². The highest BCUT2D eigenvalue weighted by atomic mass is 19.4. The fourth-order valence-electron chi connectivity index (χ4n) is 7.62. The predicted octanol–water partition coefficient (Wildman–Crippen LogP) is 7.25. The van der Waals surface area contributed by atoms with E-state index in [4.69, 9.17) is 9.47 Å². The fraction of sp³-hybridized carbons (Fsp3) is 0.633. The predicted molar refractivity (Wildman–Crippen MR) is 140 cm³/mol. The van der Waals surface area contributed by atoms with Crippen LogP contribution in [-0.2, 0) is 28.4 Å². The molecule has 0 spiro atoms. The Bertz CT molecular complexity index is 1320. The standard InChI is InChI=1S/C30H36F6N2O3/c1-16-19(26(39)37-24-22-10-11-28(4,25(24)40-5)27(22,2)3)14-23(38(16)15-18-7-6-12-41-18)20-13-17(29(31,32)33)8-9-21(20)30(34,35)36/h8-9,13-14,18,22,24-25H,6-7,10-12,15H2,1-5H3,(H,37,39)/t18-,22?,24?,25?,28?/m1/s1. The molecule has 1 N–H and O–H groups in total. The molecule has 11 heteroatoms. The Kier molecular flexibility index (Phi) is 7.33. The number of carbonyl (C=O) groups is 1. The van der Waals surface area contributed by atoms with Crippen molar-refractivity contribution in [3.8, 4) is 11.3 Å². The zero-order chi connectivity index (χ0) is 30.1. The Morgan fingerprint density at radius 2 is 1.80 bits per heavy atom. The van der Waals surface area contributed by atoms with Crippen molar-refractivity contribution in [2.24, 2.45) is 16.7 Å². The lowest BCUT2D eigenvalue weighted by Gasteiger charge is -2.39. The van der Waals surface area contributed by atoms with Crippen LogP contribution in [0, 0.1) is 23.7 Å². The topological polar surface area (TPSA) is 52.5 Å². The maximum absolute atomic E-state index is 14.1. The van der Waals surface area contributed by atoms with Crippen LogP contribution in [0.25, 0.3) is 11.3 Å². The maximum Gasteiger partial charge on any atom is 0.417 e. The van der Waals surface area contributed by atoms with Crippen LogP contribution in [0.5, 0.6) is 0 Å². The minimum Gasteiger partial charge on any atom is -0.379 e. The highest BCUT2D eigenvalue weighted by Gasteiger charge is 2.67. The number of ether oxygens (including phenoxy) is 2. The normalized spacial score (nSPS) is 29.3. The van der Waals surface area contributed by atoms with Crippen molar-refractivity contribution in [1.29, 1.82) is 0 Å². The number of hydrogen-bond acceptors (Lipinski definition) is 3. The molecule has 1 aromatic carbocycles. The number of nitrogens with one attached hydrogen (secondary N) is 1. The zero-order valence-electron chi connectivity index (χ0n) is 23.8. The van der Waals surface area contributed by atoms with E-state index in [9.17, 15) is 31.1 Å². The van der Waals surface area contributed by atoms with Gasteiger partial charge in [-0.15, -0.1) is 0 Å². The minimum atomic E-state index is -4.91. The van der Waals surface area contributed by atoms with Gasteiger partial charge >= 0.3 is 12.4 Å². The summed E-state index contributed by atoms with van der Waals surface area (Å²) in [5, 5.41) is 3.10. The number of nitrogens with zero attached hydrogens (tertiary/aromatic N) is 1. The Balaban J connectivity index is 1.60. The number of amides is 1. The average Bonchev–Trinajstić information content (AvgIpc) is 3.59. The first-order chi connectivity index (χ1) is 19.0. The number of fused-ring (bicyclic) bond motifs is 2. The summed E-state index contributed by atoms with van der Waals surface area (Å²) in [4.78, 5) is 13.8. The number of methoxy groups -OCH3 is 1. The summed E-state index contributed by atoms with van der Waals surface area (Å²) in [6.45, 7) is 8.68. The summed E-state index contributed by atoms with van der Waals surface area (Å²) in [7, 11) is 1.61. The average molecular weight is 587 g/mol. The highest BCUT2D eigenvalue weighted by Crippen LogP contribution is 2.66. The first-order valence-corrected chi connectivity index (χ1v) is 13.9. The van der Waals surface area contributed by atoms with E-state index < -0.39 is 35.0 Å². The highest BCUT2D eigenvalue weighted by molar-refractivity contribution is 5.97. The molecule has 41 heavy (non-hydrogen) atoms. The molecule has 5 nitrogen and oxygen atoms in total. The molecule has 2 aliphatic carbocycles. The Labute approximate surface area is 235 Å². The van der Waals surface area contributed by atoms with Crippen LogP contribution in [0.4, 0.5) is 26.3 Å². The number of halogens is 6. The van der Waals surface area contributed by atoms with Gasteiger partial charge in [-0.2, -0.15) is 26.3 Å². The first kappa shape index (κ1) is 29.9. The van der Waals surface area contributed by atoms with Crippen LogP contribution < -0.4 is 5.32 Å². The van der Waals surface area contributed by atoms with Crippen LogP contribution in [0.1, 0.15) is 73.6 Å². The maximum atomic E-state index is 14.1. The van der Waals surface area contributed by atoms with Gasteiger partial charge in [-0.25, -0.2) is 0 Å². The third-order valence-electron chi connectivity index (χ3n) is 10.3. The van der Waals surface area contributed by atoms with Gasteiger partial charge in [0.25, 0.3) is 5.91 Å². The third-order valence-corrected chi connectivity index (χ3v) is 10.3. The van der Waals surface area contributed by atoms with Crippen molar-refractivity contribution in [1.82, 2.24) is 9.88 Å². The summed E-state index contributed by atoms with van der Waals surface area (Å²) in [6, 6.07) is 2.38. The van der Waals surface area contributed by atoms with E-state index in [1.807, 2.05) is 0 Å². The molecule has 0 radical (unpaired) electrons. The second kappa shape index (κ2) is 10.0. The minimum absolute atomic E-state index is 0.106. The van der Waals surface area contributed by atoms with Gasteiger partial charge in [0.1, 0.15) is 0 Å². The molecule has 2 heterocycles. The summed E-state index contributed by atoms with van der Waals surface area (Å²) in [5.74, 6) is -0.357. The van der Waals surface area contributed by atoms with Crippen LogP contribution in [0.2, 0.25) is 0 Å². The zero-order valence-corrected chi connectivity index (χ0v) is 23.8. The molecule has 5 atom stereocenters. The first-order valence-electron chi connectivity index (χ1n) is 13.9. The van der Waals surface area contributed by atoms with Gasteiger partial charge in [0.05, 0.1) is 34.9 Å². The summed E-state index contributed by atoms with van der Waals surface area (Å²) < 4.78 is 96.3. The second-order valence-electron chi connectivity index (χ2n) is 12.5. The van der Waals surface area contributed by atoms with E-state index in [1.165, 1.54) is 10.6 Å². The van der Waals surface area contributed by atoms with Crippen molar-refractivity contribution >= 4 is 5.91 Å². The monoisotopic (exact) mass is 586 g/mol. The van der Waals surface area contributed by atoms with Crippen molar-refractivity contribution in [3.05, 3.63) is 46.6 Å². The SMILES string of the molecule is COC1C(NC(=O)c2cc(-c3cc(C(F)(F)F)ccc3C(F)(F)F)n(C[C@H]3CCCO3)c2C)C2CCC1(C)C2(C)C. The van der Waals surface area contributed by atoms with Gasteiger partial charge in [-0.1, -0.05) is 20.8 Å². The van der Waals surface area contributed by atoms with Crippen LogP contribution in [0.3, 0.4) is 0 Å². The van der Waals surface area contributed by atoms with Crippen LogP contribution in [0.15, 0.2) is 24.3 Å². The van der Waals surface area contributed by atoms with Crippen molar-refractivity contribution in [2.75, 3.05) is 13.7 Å². The van der Waals surface area contributed by atoms with E-state index in [0.29, 0.717) is 36.9 Å². The molecule has 1 amide bonds. The Morgan fingerprint density at radius 3 is 2.39 bits per heavy atom. The Hall–Kier alpha value is -2.53. The van der Waals surface area contributed by atoms with Crippen molar-refractivity contribution in [3.63, 3.8) is 0 Å². The summed E-state index contributed by atoms with van der Waals surface area (Å²) in [5.41, 5.74) is -2.95. The molecule has 1 saturated heterocycles. The fourth-order valence-corrected chi connectivity index (χ4v) is 7.62. The van der Waals surface area contributed by atoms with Gasteiger partial charge < -0.3 is 19.4 Å². The lowest BCUT2D eigenvalue weighted by molar-refractivity contribution is -0.141. The number of benzene rings is 1. The molecule has 1 aromatic heterocycles. The molecule has 5 rings (SSSR count). The van der Waals surface area contributed by atoms with Gasteiger partial charge in [-0.3, -0.25) is 4.79 Å². The largest absolute Gasteiger partial charge is 0.417 e. The molecule has 3 aliphatic rings. The number of alkyl halides is 6. The smallest absolute Gasteiger partial charge is 0.379 e. The number of aromatic nitrogens is 1. The molecule has 2 bridgehead atoms. The summed E-state index contributed by atoms with van der Waals surface area (Å²) >= 11 is 0. The van der Waals surface area contributed by atoms with E-state index in [-0.39, 0.29) is 52.8 Å². The quantitative estimate of drug-likeness (QED) is 0.363. The lowest BCUT2D eigenvalue weighted by Crippen LogP contribution is -2.50. The molecule has 4 unspecified atom stereocenters. The number of carbonyl (C=O) groups excluding carboxylic acids is 1. The molecular formula is C30H36F6N2O3. The molecule has 1 aliphatic heterocycles. The lowest BCUT2D eigenvalue weighted by atomic mass is 9.70. The molecular weight excluding hydrogens is 550 g/mol. The molecule has 3 fully saturated rings. The molecule has 2 aromatic rings. The van der Waals surface area contributed by atoms with E-state index >= 15 is 0 Å². The van der Waals surface area contributed by atoms with Gasteiger partial charge in [0.15, 0.2) is 0 Å². The second-order valence-corrected chi connectivity index (χ2v) is 12.5. The number of hydrogen-bond donors (Lipinski definition) is 1. The van der Waals surface area contributed by atoms with E-state index in [1.54, 1.807) is 14.0 Å². The van der Waals surface area contributed by atoms with Crippen molar-refractivity contribution < 1.29 is 40.6 Å². The Morgan fingerprint density at radius 1 is 1.10 bits per heavy atom. The van der Waals surface area contributed by atoms with Crippen LogP contribution in [-0.4, -0.2) is 42.4 Å². The third kappa shape index (κ3) is 4.86.